The Bertz CT molecular complexity index is 347. The van der Waals surface area contributed by atoms with Crippen molar-refractivity contribution in [2.45, 2.75) is 71.4 Å². The molecule has 1 amide bonds. The summed E-state index contributed by atoms with van der Waals surface area (Å²) in [5, 5.41) is 3.65. The van der Waals surface area contributed by atoms with Crippen LogP contribution in [0.3, 0.4) is 0 Å². The smallest absolute Gasteiger partial charge is 0.410 e. The standard InChI is InChI=1S/C17H32N2O2/c1-13(18-10-9-14-7-8-14)15-6-5-11-19(12-15)16(20)21-17(2,3)4/h13-15,18H,5-12H2,1-4H3. The quantitative estimate of drug-likeness (QED) is 0.845. The number of hydrogen-bond donors (Lipinski definition) is 1. The molecule has 1 heterocycles. The molecule has 122 valence electrons. The highest BCUT2D eigenvalue weighted by atomic mass is 16.6. The highest BCUT2D eigenvalue weighted by molar-refractivity contribution is 5.68. The van der Waals surface area contributed by atoms with Crippen LogP contribution in [0.2, 0.25) is 0 Å². The van der Waals surface area contributed by atoms with Gasteiger partial charge in [-0.25, -0.2) is 4.79 Å². The van der Waals surface area contributed by atoms with Crippen LogP contribution in [0.4, 0.5) is 4.79 Å². The molecule has 1 N–H and O–H groups in total. The van der Waals surface area contributed by atoms with Gasteiger partial charge < -0.3 is 15.0 Å². The van der Waals surface area contributed by atoms with Crippen molar-refractivity contribution in [3.05, 3.63) is 0 Å². The molecule has 1 aliphatic carbocycles. The van der Waals surface area contributed by atoms with Crippen molar-refractivity contribution in [2.75, 3.05) is 19.6 Å². The molecule has 1 aliphatic heterocycles. The molecule has 1 saturated heterocycles. The van der Waals surface area contributed by atoms with Crippen LogP contribution in [-0.4, -0.2) is 42.3 Å². The maximum absolute atomic E-state index is 12.2. The number of amides is 1. The van der Waals surface area contributed by atoms with Crippen molar-refractivity contribution in [3.63, 3.8) is 0 Å². The molecule has 1 saturated carbocycles. The highest BCUT2D eigenvalue weighted by Crippen LogP contribution is 2.32. The highest BCUT2D eigenvalue weighted by Gasteiger charge is 2.30. The van der Waals surface area contributed by atoms with E-state index in [1.165, 1.54) is 25.7 Å². The van der Waals surface area contributed by atoms with Gasteiger partial charge in [0.15, 0.2) is 0 Å². The Morgan fingerprint density at radius 3 is 2.67 bits per heavy atom. The first kappa shape index (κ1) is 16.6. The second-order valence-corrected chi connectivity index (χ2v) is 7.80. The van der Waals surface area contributed by atoms with E-state index in [0.717, 1.165) is 32.0 Å². The predicted molar refractivity (Wildman–Crippen MR) is 85.3 cm³/mol. The summed E-state index contributed by atoms with van der Waals surface area (Å²) in [6.07, 6.45) is 6.29. The molecule has 2 rings (SSSR count). The zero-order valence-electron chi connectivity index (χ0n) is 14.2. The van der Waals surface area contributed by atoms with Crippen LogP contribution in [0.25, 0.3) is 0 Å². The van der Waals surface area contributed by atoms with E-state index in [2.05, 4.69) is 12.2 Å². The fraction of sp³-hybridized carbons (Fsp3) is 0.941. The normalized spacial score (nSPS) is 24.8. The number of nitrogens with one attached hydrogen (secondary N) is 1. The summed E-state index contributed by atoms with van der Waals surface area (Å²) < 4.78 is 5.49. The predicted octanol–water partition coefficient (Wildman–Crippen LogP) is 3.41. The minimum absolute atomic E-state index is 0.155. The minimum atomic E-state index is -0.405. The van der Waals surface area contributed by atoms with E-state index < -0.39 is 5.60 Å². The molecule has 0 spiro atoms. The van der Waals surface area contributed by atoms with Crippen LogP contribution >= 0.6 is 0 Å². The van der Waals surface area contributed by atoms with Gasteiger partial charge in [0.25, 0.3) is 0 Å². The van der Waals surface area contributed by atoms with Crippen LogP contribution in [0, 0.1) is 11.8 Å². The lowest BCUT2D eigenvalue weighted by Crippen LogP contribution is -2.48. The summed E-state index contributed by atoms with van der Waals surface area (Å²) >= 11 is 0. The summed E-state index contributed by atoms with van der Waals surface area (Å²) in [6.45, 7) is 10.8. The third-order valence-corrected chi connectivity index (χ3v) is 4.53. The molecular weight excluding hydrogens is 264 g/mol. The average molecular weight is 296 g/mol. The van der Waals surface area contributed by atoms with Gasteiger partial charge in [-0.3, -0.25) is 0 Å². The van der Waals surface area contributed by atoms with Crippen molar-refractivity contribution in [1.82, 2.24) is 10.2 Å². The molecule has 0 radical (unpaired) electrons. The van der Waals surface area contributed by atoms with E-state index in [9.17, 15) is 4.79 Å². The van der Waals surface area contributed by atoms with E-state index in [1.54, 1.807) is 0 Å². The third-order valence-electron chi connectivity index (χ3n) is 4.53. The van der Waals surface area contributed by atoms with Crippen LogP contribution in [-0.2, 0) is 4.74 Å². The Morgan fingerprint density at radius 1 is 1.33 bits per heavy atom. The fourth-order valence-corrected chi connectivity index (χ4v) is 3.00. The minimum Gasteiger partial charge on any atom is -0.444 e. The number of piperidine rings is 1. The topological polar surface area (TPSA) is 41.6 Å². The monoisotopic (exact) mass is 296 g/mol. The van der Waals surface area contributed by atoms with Gasteiger partial charge >= 0.3 is 6.09 Å². The molecule has 4 heteroatoms. The molecular formula is C17H32N2O2. The van der Waals surface area contributed by atoms with E-state index in [4.69, 9.17) is 4.74 Å². The van der Waals surface area contributed by atoms with Gasteiger partial charge in [-0.1, -0.05) is 12.8 Å². The van der Waals surface area contributed by atoms with Gasteiger partial charge in [0, 0.05) is 19.1 Å². The lowest BCUT2D eigenvalue weighted by Gasteiger charge is -2.36. The lowest BCUT2D eigenvalue weighted by molar-refractivity contribution is 0.0148. The Balaban J connectivity index is 1.74. The summed E-state index contributed by atoms with van der Waals surface area (Å²) in [6, 6.07) is 0.481. The van der Waals surface area contributed by atoms with Crippen molar-refractivity contribution < 1.29 is 9.53 Å². The average Bonchev–Trinajstić information content (AvgIpc) is 3.21. The second kappa shape index (κ2) is 6.99. The maximum atomic E-state index is 12.2. The van der Waals surface area contributed by atoms with Gasteiger partial charge in [-0.2, -0.15) is 0 Å². The number of likely N-dealkylation sites (tertiary alicyclic amines) is 1. The van der Waals surface area contributed by atoms with Crippen molar-refractivity contribution in [3.8, 4) is 0 Å². The van der Waals surface area contributed by atoms with Crippen LogP contribution in [0.15, 0.2) is 0 Å². The summed E-state index contributed by atoms with van der Waals surface area (Å²) in [5.74, 6) is 1.53. The second-order valence-electron chi connectivity index (χ2n) is 7.80. The van der Waals surface area contributed by atoms with Crippen molar-refractivity contribution in [1.29, 1.82) is 0 Å². The zero-order chi connectivity index (χ0) is 15.5. The lowest BCUT2D eigenvalue weighted by atomic mass is 9.91. The molecule has 2 unspecified atom stereocenters. The molecule has 0 aromatic heterocycles. The van der Waals surface area contributed by atoms with E-state index in [1.807, 2.05) is 25.7 Å². The fourth-order valence-electron chi connectivity index (χ4n) is 3.00. The van der Waals surface area contributed by atoms with E-state index >= 15 is 0 Å². The molecule has 0 bridgehead atoms. The first-order chi connectivity index (χ1) is 9.85. The Morgan fingerprint density at radius 2 is 2.05 bits per heavy atom. The number of nitrogens with zero attached hydrogens (tertiary/aromatic N) is 1. The van der Waals surface area contributed by atoms with Crippen LogP contribution in [0.5, 0.6) is 0 Å². The summed E-state index contributed by atoms with van der Waals surface area (Å²) in [4.78, 5) is 14.1. The molecule has 2 aliphatic rings. The number of carbonyl (C=O) groups excluding carboxylic acids is 1. The van der Waals surface area contributed by atoms with Gasteiger partial charge in [0.2, 0.25) is 0 Å². The first-order valence-electron chi connectivity index (χ1n) is 8.56. The maximum Gasteiger partial charge on any atom is 0.410 e. The molecule has 0 aromatic rings. The van der Waals surface area contributed by atoms with Gasteiger partial charge in [0.1, 0.15) is 5.60 Å². The van der Waals surface area contributed by atoms with Gasteiger partial charge in [0.05, 0.1) is 0 Å². The number of hydrogen-bond acceptors (Lipinski definition) is 3. The van der Waals surface area contributed by atoms with E-state index in [-0.39, 0.29) is 6.09 Å². The number of carbonyl (C=O) groups is 1. The van der Waals surface area contributed by atoms with Crippen molar-refractivity contribution >= 4 is 6.09 Å². The Labute approximate surface area is 129 Å². The van der Waals surface area contributed by atoms with Gasteiger partial charge in [-0.05, 0) is 65.3 Å². The van der Waals surface area contributed by atoms with Crippen LogP contribution < -0.4 is 5.32 Å². The third kappa shape index (κ3) is 5.85. The van der Waals surface area contributed by atoms with Crippen molar-refractivity contribution in [2.24, 2.45) is 11.8 Å². The first-order valence-corrected chi connectivity index (χ1v) is 8.56. The largest absolute Gasteiger partial charge is 0.444 e. The molecule has 0 aromatic carbocycles. The molecule has 21 heavy (non-hydrogen) atoms. The van der Waals surface area contributed by atoms with Gasteiger partial charge in [-0.15, -0.1) is 0 Å². The Hall–Kier alpha value is -0.770. The summed E-state index contributed by atoms with van der Waals surface area (Å²) in [7, 11) is 0. The molecule has 4 nitrogen and oxygen atoms in total. The SMILES string of the molecule is CC(NCCC1CC1)C1CCCN(C(=O)OC(C)(C)C)C1. The summed E-state index contributed by atoms with van der Waals surface area (Å²) in [5.41, 5.74) is -0.405. The van der Waals surface area contributed by atoms with E-state index in [0.29, 0.717) is 12.0 Å². The van der Waals surface area contributed by atoms with Crippen LogP contribution in [0.1, 0.15) is 59.8 Å². The molecule has 2 fully saturated rings. The number of ether oxygens (including phenoxy) is 1. The molecule has 2 atom stereocenters. The zero-order valence-corrected chi connectivity index (χ0v) is 14.2. The Kier molecular flexibility index (Phi) is 5.53. The number of rotatable bonds is 5.